The van der Waals surface area contributed by atoms with Crippen LogP contribution in [0.1, 0.15) is 29.4 Å². The van der Waals surface area contributed by atoms with Crippen molar-refractivity contribution in [3.05, 3.63) is 46.2 Å². The number of alkyl halides is 2. The summed E-state index contributed by atoms with van der Waals surface area (Å²) in [6.45, 7) is 1.72. The predicted octanol–water partition coefficient (Wildman–Crippen LogP) is 3.75. The van der Waals surface area contributed by atoms with Crippen LogP contribution < -0.4 is 0 Å². The molecule has 2 aromatic rings. The van der Waals surface area contributed by atoms with Crippen LogP contribution in [0.4, 0.5) is 8.78 Å². The van der Waals surface area contributed by atoms with Crippen LogP contribution in [-0.4, -0.2) is 22.4 Å². The number of hydrogen-bond acceptors (Lipinski definition) is 3. The Hall–Kier alpha value is -1.76. The lowest BCUT2D eigenvalue weighted by molar-refractivity contribution is 0.0514. The minimum Gasteiger partial charge on any atom is -0.462 e. The quantitative estimate of drug-likeness (QED) is 0.793. The van der Waals surface area contributed by atoms with Gasteiger partial charge in [0.05, 0.1) is 18.5 Å². The first-order valence-electron chi connectivity index (χ1n) is 5.84. The Balaban J connectivity index is 2.56. The van der Waals surface area contributed by atoms with Crippen LogP contribution in [0, 0.1) is 0 Å². The van der Waals surface area contributed by atoms with Gasteiger partial charge in [0.2, 0.25) is 0 Å². The van der Waals surface area contributed by atoms with Gasteiger partial charge >= 0.3 is 5.97 Å². The Morgan fingerprint density at radius 1 is 1.45 bits per heavy atom. The summed E-state index contributed by atoms with van der Waals surface area (Å²) < 4.78 is 32.9. The van der Waals surface area contributed by atoms with Crippen molar-refractivity contribution in [2.24, 2.45) is 0 Å². The highest BCUT2D eigenvalue weighted by Gasteiger charge is 2.26. The number of nitrogens with zero attached hydrogens (tertiary/aromatic N) is 2. The summed E-state index contributed by atoms with van der Waals surface area (Å²) in [4.78, 5) is 11.7. The number of aromatic nitrogens is 2. The molecule has 0 saturated heterocycles. The lowest BCUT2D eigenvalue weighted by Gasteiger charge is -2.10. The first kappa shape index (κ1) is 14.6. The average Bonchev–Trinajstić information content (AvgIpc) is 2.84. The van der Waals surface area contributed by atoms with E-state index in [0.717, 1.165) is 10.9 Å². The summed E-state index contributed by atoms with van der Waals surface area (Å²) in [6, 6.07) is 6.78. The Morgan fingerprint density at radius 2 is 2.15 bits per heavy atom. The summed E-state index contributed by atoms with van der Waals surface area (Å²) >= 11 is 3.27. The van der Waals surface area contributed by atoms with E-state index in [1.807, 2.05) is 0 Å². The van der Waals surface area contributed by atoms with E-state index < -0.39 is 18.1 Å². The Labute approximate surface area is 122 Å². The van der Waals surface area contributed by atoms with Gasteiger partial charge in [-0.05, 0) is 35.0 Å². The molecule has 0 spiro atoms. The molecule has 1 aromatic carbocycles. The highest BCUT2D eigenvalue weighted by Crippen LogP contribution is 2.29. The molecule has 0 radical (unpaired) electrons. The SMILES string of the molecule is CCOC(=O)c1cnn(-c2ccccc2Br)c1C(F)F. The van der Waals surface area contributed by atoms with Gasteiger partial charge in [0.25, 0.3) is 6.43 Å². The van der Waals surface area contributed by atoms with Crippen LogP contribution in [0.2, 0.25) is 0 Å². The molecule has 0 N–H and O–H groups in total. The molecule has 0 atom stereocenters. The van der Waals surface area contributed by atoms with Gasteiger partial charge in [-0.2, -0.15) is 5.10 Å². The Bertz CT molecular complexity index is 629. The normalized spacial score (nSPS) is 10.8. The zero-order chi connectivity index (χ0) is 14.7. The Morgan fingerprint density at radius 3 is 2.75 bits per heavy atom. The van der Waals surface area contributed by atoms with Gasteiger partial charge in [0, 0.05) is 4.47 Å². The average molecular weight is 345 g/mol. The molecule has 0 unspecified atom stereocenters. The molecule has 0 amide bonds. The van der Waals surface area contributed by atoms with Crippen LogP contribution >= 0.6 is 15.9 Å². The van der Waals surface area contributed by atoms with Crippen molar-refractivity contribution in [3.63, 3.8) is 0 Å². The van der Waals surface area contributed by atoms with Crippen molar-refractivity contribution in [2.75, 3.05) is 6.61 Å². The molecule has 0 fully saturated rings. The van der Waals surface area contributed by atoms with Crippen LogP contribution in [0.15, 0.2) is 34.9 Å². The molecular formula is C13H11BrF2N2O2. The highest BCUT2D eigenvalue weighted by molar-refractivity contribution is 9.10. The number of rotatable bonds is 4. The minimum absolute atomic E-state index is 0.113. The summed E-state index contributed by atoms with van der Waals surface area (Å²) in [7, 11) is 0. The van der Waals surface area contributed by atoms with Crippen molar-refractivity contribution in [1.29, 1.82) is 0 Å². The molecule has 1 aromatic heterocycles. The molecule has 0 bridgehead atoms. The topological polar surface area (TPSA) is 44.1 Å². The third-order valence-corrected chi connectivity index (χ3v) is 3.26. The van der Waals surface area contributed by atoms with E-state index in [1.165, 1.54) is 0 Å². The lowest BCUT2D eigenvalue weighted by atomic mass is 10.2. The van der Waals surface area contributed by atoms with Crippen LogP contribution in [0.25, 0.3) is 5.69 Å². The van der Waals surface area contributed by atoms with Gasteiger partial charge in [-0.3, -0.25) is 0 Å². The monoisotopic (exact) mass is 344 g/mol. The first-order valence-corrected chi connectivity index (χ1v) is 6.63. The molecule has 0 aliphatic heterocycles. The number of hydrogen-bond donors (Lipinski definition) is 0. The number of halogens is 3. The van der Waals surface area contributed by atoms with Gasteiger partial charge in [0.15, 0.2) is 0 Å². The second kappa shape index (κ2) is 6.13. The minimum atomic E-state index is -2.84. The summed E-state index contributed by atoms with van der Waals surface area (Å²) in [5, 5.41) is 3.88. The second-order valence-corrected chi connectivity index (χ2v) is 4.68. The van der Waals surface area contributed by atoms with Gasteiger partial charge in [0.1, 0.15) is 11.3 Å². The van der Waals surface area contributed by atoms with E-state index in [2.05, 4.69) is 21.0 Å². The fraction of sp³-hybridized carbons (Fsp3) is 0.231. The number of carbonyl (C=O) groups is 1. The van der Waals surface area contributed by atoms with Crippen molar-refractivity contribution in [1.82, 2.24) is 9.78 Å². The molecule has 7 heteroatoms. The molecule has 0 aliphatic rings. The third kappa shape index (κ3) is 2.72. The van der Waals surface area contributed by atoms with Gasteiger partial charge in [-0.15, -0.1) is 0 Å². The van der Waals surface area contributed by atoms with E-state index in [9.17, 15) is 13.6 Å². The maximum Gasteiger partial charge on any atom is 0.341 e. The van der Waals surface area contributed by atoms with Crippen LogP contribution in [0.5, 0.6) is 0 Å². The lowest BCUT2D eigenvalue weighted by Crippen LogP contribution is -2.10. The number of esters is 1. The Kier molecular flexibility index (Phi) is 4.49. The summed E-state index contributed by atoms with van der Waals surface area (Å²) in [5.41, 5.74) is -0.272. The van der Waals surface area contributed by atoms with Gasteiger partial charge in [-0.1, -0.05) is 12.1 Å². The van der Waals surface area contributed by atoms with E-state index in [0.29, 0.717) is 10.2 Å². The number of ether oxygens (including phenoxy) is 1. The van der Waals surface area contributed by atoms with Crippen molar-refractivity contribution >= 4 is 21.9 Å². The van der Waals surface area contributed by atoms with Crippen molar-refractivity contribution < 1.29 is 18.3 Å². The zero-order valence-corrected chi connectivity index (χ0v) is 12.1. The van der Waals surface area contributed by atoms with E-state index in [4.69, 9.17) is 4.74 Å². The molecule has 0 aliphatic carbocycles. The predicted molar refractivity (Wildman–Crippen MR) is 72.2 cm³/mol. The zero-order valence-electron chi connectivity index (χ0n) is 10.5. The van der Waals surface area contributed by atoms with E-state index in [-0.39, 0.29) is 12.2 Å². The van der Waals surface area contributed by atoms with Crippen molar-refractivity contribution in [3.8, 4) is 5.69 Å². The standard InChI is InChI=1S/C13H11BrF2N2O2/c1-2-20-13(19)8-7-17-18(11(8)12(15)16)10-6-4-3-5-9(10)14/h3-7,12H,2H2,1H3. The number of carbonyl (C=O) groups excluding carboxylic acids is 1. The van der Waals surface area contributed by atoms with E-state index in [1.54, 1.807) is 31.2 Å². The molecular weight excluding hydrogens is 334 g/mol. The molecule has 0 saturated carbocycles. The van der Waals surface area contributed by atoms with Crippen LogP contribution in [-0.2, 0) is 4.74 Å². The fourth-order valence-corrected chi connectivity index (χ4v) is 2.20. The summed E-state index contributed by atoms with van der Waals surface area (Å²) in [5.74, 6) is -0.805. The highest BCUT2D eigenvalue weighted by atomic mass is 79.9. The molecule has 106 valence electrons. The number of para-hydroxylation sites is 1. The first-order chi connectivity index (χ1) is 9.56. The maximum absolute atomic E-state index is 13.3. The number of benzene rings is 1. The van der Waals surface area contributed by atoms with Gasteiger partial charge < -0.3 is 4.74 Å². The maximum atomic E-state index is 13.3. The molecule has 2 rings (SSSR count). The second-order valence-electron chi connectivity index (χ2n) is 3.83. The smallest absolute Gasteiger partial charge is 0.341 e. The molecule has 20 heavy (non-hydrogen) atoms. The summed E-state index contributed by atoms with van der Waals surface area (Å²) in [6.07, 6.45) is -1.75. The largest absolute Gasteiger partial charge is 0.462 e. The molecule has 4 nitrogen and oxygen atoms in total. The van der Waals surface area contributed by atoms with E-state index >= 15 is 0 Å². The molecule has 1 heterocycles. The third-order valence-electron chi connectivity index (χ3n) is 2.59. The fourth-order valence-electron chi connectivity index (χ4n) is 1.75. The van der Waals surface area contributed by atoms with Crippen molar-refractivity contribution in [2.45, 2.75) is 13.3 Å². The van der Waals surface area contributed by atoms with Crippen LogP contribution in [0.3, 0.4) is 0 Å². The van der Waals surface area contributed by atoms with Gasteiger partial charge in [-0.25, -0.2) is 18.3 Å².